The number of ether oxygens (including phenoxy) is 5. The highest BCUT2D eigenvalue weighted by atomic mass is 16.6. The molecule has 2 aromatic rings. The van der Waals surface area contributed by atoms with E-state index in [9.17, 15) is 9.59 Å². The lowest BCUT2D eigenvalue weighted by Gasteiger charge is -2.12. The molecule has 0 fully saturated rings. The Hall–Kier alpha value is -3.48. The Kier molecular flexibility index (Phi) is 7.03. The van der Waals surface area contributed by atoms with Crippen molar-refractivity contribution in [1.29, 1.82) is 0 Å². The number of hydrogen-bond donors (Lipinski definition) is 0. The van der Waals surface area contributed by atoms with Crippen LogP contribution >= 0.6 is 0 Å². The van der Waals surface area contributed by atoms with Crippen LogP contribution in [0, 0.1) is 0 Å². The Morgan fingerprint density at radius 3 is 1.89 bits per heavy atom. The summed E-state index contributed by atoms with van der Waals surface area (Å²) in [5, 5.41) is 0. The summed E-state index contributed by atoms with van der Waals surface area (Å²) < 4.78 is 26.3. The molecule has 0 amide bonds. The number of ketones is 1. The van der Waals surface area contributed by atoms with E-state index >= 15 is 0 Å². The number of hydrogen-bond acceptors (Lipinski definition) is 7. The van der Waals surface area contributed by atoms with E-state index in [0.29, 0.717) is 34.1 Å². The Balaban J connectivity index is 2.21. The maximum atomic E-state index is 12.2. The van der Waals surface area contributed by atoms with Gasteiger partial charge in [-0.15, -0.1) is 0 Å². The van der Waals surface area contributed by atoms with Gasteiger partial charge in [-0.05, 0) is 48.9 Å². The standard InChI is InChI=1S/C21H22O7/c1-13(22)15-7-8-16(17(12-15)24-2)28-20(23)9-6-14-10-18(25-3)21(27-5)19(11-14)26-4/h6-12H,1-5H3/b9-6+. The zero-order chi connectivity index (χ0) is 20.7. The molecule has 0 aliphatic carbocycles. The molecular weight excluding hydrogens is 364 g/mol. The summed E-state index contributed by atoms with van der Waals surface area (Å²) >= 11 is 0. The number of carbonyl (C=O) groups is 2. The van der Waals surface area contributed by atoms with Crippen LogP contribution in [0.25, 0.3) is 6.08 Å². The Bertz CT molecular complexity index is 875. The van der Waals surface area contributed by atoms with E-state index in [1.807, 2.05) is 0 Å². The maximum absolute atomic E-state index is 12.2. The molecule has 0 unspecified atom stereocenters. The minimum Gasteiger partial charge on any atom is -0.493 e. The highest BCUT2D eigenvalue weighted by Gasteiger charge is 2.13. The van der Waals surface area contributed by atoms with Crippen molar-refractivity contribution in [3.05, 3.63) is 47.5 Å². The molecule has 0 N–H and O–H groups in total. The van der Waals surface area contributed by atoms with Gasteiger partial charge in [0.05, 0.1) is 28.4 Å². The zero-order valence-electron chi connectivity index (χ0n) is 16.4. The summed E-state index contributed by atoms with van der Waals surface area (Å²) in [5.74, 6) is 1.18. The van der Waals surface area contributed by atoms with Crippen molar-refractivity contribution in [3.63, 3.8) is 0 Å². The molecule has 2 rings (SSSR count). The molecule has 0 radical (unpaired) electrons. The molecule has 0 aliphatic rings. The minimum absolute atomic E-state index is 0.113. The normalized spacial score (nSPS) is 10.5. The number of benzene rings is 2. The van der Waals surface area contributed by atoms with Crippen LogP contribution in [-0.4, -0.2) is 40.2 Å². The largest absolute Gasteiger partial charge is 0.493 e. The molecule has 0 spiro atoms. The predicted molar refractivity (Wildman–Crippen MR) is 104 cm³/mol. The lowest BCUT2D eigenvalue weighted by molar-refractivity contribution is -0.129. The highest BCUT2D eigenvalue weighted by molar-refractivity contribution is 5.95. The number of methoxy groups -OCH3 is 4. The van der Waals surface area contributed by atoms with E-state index in [2.05, 4.69) is 0 Å². The fourth-order valence-corrected chi connectivity index (χ4v) is 2.48. The molecule has 0 atom stereocenters. The first kappa shape index (κ1) is 20.8. The molecule has 0 saturated carbocycles. The van der Waals surface area contributed by atoms with Crippen molar-refractivity contribution < 1.29 is 33.3 Å². The van der Waals surface area contributed by atoms with Crippen LogP contribution in [0.15, 0.2) is 36.4 Å². The van der Waals surface area contributed by atoms with Gasteiger partial charge in [-0.25, -0.2) is 4.79 Å². The van der Waals surface area contributed by atoms with Crippen LogP contribution in [0.1, 0.15) is 22.8 Å². The van der Waals surface area contributed by atoms with Crippen LogP contribution in [0.4, 0.5) is 0 Å². The van der Waals surface area contributed by atoms with Crippen molar-refractivity contribution >= 4 is 17.8 Å². The lowest BCUT2D eigenvalue weighted by Crippen LogP contribution is -2.06. The van der Waals surface area contributed by atoms with Gasteiger partial charge < -0.3 is 23.7 Å². The van der Waals surface area contributed by atoms with Crippen molar-refractivity contribution in [1.82, 2.24) is 0 Å². The molecule has 7 nitrogen and oxygen atoms in total. The molecule has 0 bridgehead atoms. The van der Waals surface area contributed by atoms with Gasteiger partial charge in [0.15, 0.2) is 28.8 Å². The van der Waals surface area contributed by atoms with E-state index in [1.54, 1.807) is 24.3 Å². The zero-order valence-corrected chi connectivity index (χ0v) is 16.4. The molecule has 0 heterocycles. The topological polar surface area (TPSA) is 80.3 Å². The molecule has 7 heteroatoms. The van der Waals surface area contributed by atoms with Gasteiger partial charge in [0.25, 0.3) is 0 Å². The molecule has 0 aromatic heterocycles. The third-order valence-electron chi connectivity index (χ3n) is 3.88. The maximum Gasteiger partial charge on any atom is 0.336 e. The molecular formula is C21H22O7. The van der Waals surface area contributed by atoms with Crippen LogP contribution < -0.4 is 23.7 Å². The van der Waals surface area contributed by atoms with Crippen LogP contribution in [0.3, 0.4) is 0 Å². The van der Waals surface area contributed by atoms with Crippen LogP contribution in [-0.2, 0) is 4.79 Å². The second kappa shape index (κ2) is 9.45. The number of esters is 1. The van der Waals surface area contributed by atoms with Crippen LogP contribution in [0.5, 0.6) is 28.7 Å². The summed E-state index contributed by atoms with van der Waals surface area (Å²) in [6, 6.07) is 8.01. The molecule has 148 valence electrons. The third-order valence-corrected chi connectivity index (χ3v) is 3.88. The van der Waals surface area contributed by atoms with Crippen LogP contribution in [0.2, 0.25) is 0 Å². The monoisotopic (exact) mass is 386 g/mol. The van der Waals surface area contributed by atoms with Gasteiger partial charge in [-0.2, -0.15) is 0 Å². The molecule has 0 aliphatic heterocycles. The van der Waals surface area contributed by atoms with E-state index in [4.69, 9.17) is 23.7 Å². The quantitative estimate of drug-likeness (QED) is 0.297. The fraction of sp³-hybridized carbons (Fsp3) is 0.238. The minimum atomic E-state index is -0.609. The van der Waals surface area contributed by atoms with Crippen molar-refractivity contribution in [2.24, 2.45) is 0 Å². The summed E-state index contributed by atoms with van der Waals surface area (Å²) in [6.45, 7) is 1.45. The van der Waals surface area contributed by atoms with Gasteiger partial charge in [0.1, 0.15) is 0 Å². The first-order chi connectivity index (χ1) is 13.4. The SMILES string of the molecule is COc1cc(C(C)=O)ccc1OC(=O)/C=C/c1cc(OC)c(OC)c(OC)c1. The summed E-state index contributed by atoms with van der Waals surface area (Å²) in [6.07, 6.45) is 2.82. The smallest absolute Gasteiger partial charge is 0.336 e. The number of rotatable bonds is 8. The average molecular weight is 386 g/mol. The van der Waals surface area contributed by atoms with Gasteiger partial charge in [0, 0.05) is 11.6 Å². The first-order valence-electron chi connectivity index (χ1n) is 8.32. The second-order valence-corrected chi connectivity index (χ2v) is 5.63. The van der Waals surface area contributed by atoms with E-state index in [1.165, 1.54) is 53.6 Å². The van der Waals surface area contributed by atoms with Gasteiger partial charge in [0.2, 0.25) is 5.75 Å². The first-order valence-corrected chi connectivity index (χ1v) is 8.32. The molecule has 0 saturated heterocycles. The van der Waals surface area contributed by atoms with Gasteiger partial charge >= 0.3 is 5.97 Å². The molecule has 28 heavy (non-hydrogen) atoms. The van der Waals surface area contributed by atoms with Crippen molar-refractivity contribution in [2.75, 3.05) is 28.4 Å². The van der Waals surface area contributed by atoms with Crippen molar-refractivity contribution in [2.45, 2.75) is 6.92 Å². The average Bonchev–Trinajstić information content (AvgIpc) is 2.71. The van der Waals surface area contributed by atoms with E-state index in [-0.39, 0.29) is 11.5 Å². The predicted octanol–water partition coefficient (Wildman–Crippen LogP) is 3.54. The van der Waals surface area contributed by atoms with Gasteiger partial charge in [-0.1, -0.05) is 0 Å². The molecule has 2 aromatic carbocycles. The summed E-state index contributed by atoms with van der Waals surface area (Å²) in [7, 11) is 5.96. The Morgan fingerprint density at radius 2 is 1.39 bits per heavy atom. The summed E-state index contributed by atoms with van der Waals surface area (Å²) in [5.41, 5.74) is 1.12. The van der Waals surface area contributed by atoms with E-state index < -0.39 is 5.97 Å². The second-order valence-electron chi connectivity index (χ2n) is 5.63. The highest BCUT2D eigenvalue weighted by Crippen LogP contribution is 2.38. The Morgan fingerprint density at radius 1 is 0.786 bits per heavy atom. The summed E-state index contributed by atoms with van der Waals surface area (Å²) in [4.78, 5) is 23.6. The van der Waals surface area contributed by atoms with Crippen molar-refractivity contribution in [3.8, 4) is 28.7 Å². The number of carbonyl (C=O) groups excluding carboxylic acids is 2. The number of Topliss-reactive ketones (excluding diaryl/α,β-unsaturated/α-hetero) is 1. The lowest BCUT2D eigenvalue weighted by atomic mass is 10.1. The third kappa shape index (κ3) is 4.82. The van der Waals surface area contributed by atoms with E-state index in [0.717, 1.165) is 0 Å². The fourth-order valence-electron chi connectivity index (χ4n) is 2.48. The van der Waals surface area contributed by atoms with Gasteiger partial charge in [-0.3, -0.25) is 4.79 Å². The Labute approximate surface area is 163 Å².